The van der Waals surface area contributed by atoms with Gasteiger partial charge in [0.05, 0.1) is 4.90 Å². The van der Waals surface area contributed by atoms with Crippen molar-refractivity contribution in [1.29, 1.82) is 0 Å². The second kappa shape index (κ2) is 6.44. The summed E-state index contributed by atoms with van der Waals surface area (Å²) in [6, 6.07) is 6.20. The summed E-state index contributed by atoms with van der Waals surface area (Å²) in [6.07, 6.45) is 0.499. The van der Waals surface area contributed by atoms with Crippen LogP contribution in [0, 0.1) is 0 Å². The van der Waals surface area contributed by atoms with Gasteiger partial charge in [0.1, 0.15) is 5.75 Å². The Kier molecular flexibility index (Phi) is 4.84. The fourth-order valence-corrected chi connectivity index (χ4v) is 2.83. The number of carbonyl (C=O) groups excluding carboxylic acids is 1. The number of piperazine rings is 1. The third-order valence-electron chi connectivity index (χ3n) is 3.32. The van der Waals surface area contributed by atoms with E-state index in [1.165, 1.54) is 12.1 Å². The van der Waals surface area contributed by atoms with Crippen LogP contribution >= 0.6 is 0 Å². The molecule has 6 nitrogen and oxygen atoms in total. The van der Waals surface area contributed by atoms with Gasteiger partial charge in [-0.15, -0.1) is 0 Å². The monoisotopic (exact) mass is 312 g/mol. The van der Waals surface area contributed by atoms with Crippen LogP contribution in [0.5, 0.6) is 5.75 Å². The fourth-order valence-electron chi connectivity index (χ4n) is 2.18. The standard InChI is InChI=1S/C14H20N2O4S/c1-11(14(17)16-8-6-15-7-9-16)20-12-4-3-5-13(10-12)21(2,18)19/h3-5,10-11,15H,6-9H2,1-2H3. The van der Waals surface area contributed by atoms with E-state index in [4.69, 9.17) is 4.74 Å². The van der Waals surface area contributed by atoms with Crippen molar-refractivity contribution in [3.63, 3.8) is 0 Å². The zero-order chi connectivity index (χ0) is 15.5. The number of benzene rings is 1. The van der Waals surface area contributed by atoms with Crippen LogP contribution in [-0.2, 0) is 14.6 Å². The van der Waals surface area contributed by atoms with Gasteiger partial charge in [0.2, 0.25) is 0 Å². The molecule has 7 heteroatoms. The highest BCUT2D eigenvalue weighted by Crippen LogP contribution is 2.19. The minimum absolute atomic E-state index is 0.0822. The average molecular weight is 312 g/mol. The number of ether oxygens (including phenoxy) is 1. The lowest BCUT2D eigenvalue weighted by molar-refractivity contribution is -0.138. The summed E-state index contributed by atoms with van der Waals surface area (Å²) in [6.45, 7) is 4.56. The van der Waals surface area contributed by atoms with Crippen molar-refractivity contribution < 1.29 is 17.9 Å². The second-order valence-electron chi connectivity index (χ2n) is 5.08. The SMILES string of the molecule is CC(Oc1cccc(S(C)(=O)=O)c1)C(=O)N1CCNCC1. The lowest BCUT2D eigenvalue weighted by atomic mass is 10.3. The van der Waals surface area contributed by atoms with Crippen molar-refractivity contribution in [2.45, 2.75) is 17.9 Å². The van der Waals surface area contributed by atoms with Gasteiger partial charge in [-0.1, -0.05) is 6.07 Å². The number of nitrogens with one attached hydrogen (secondary N) is 1. The molecule has 1 aromatic carbocycles. The second-order valence-corrected chi connectivity index (χ2v) is 7.10. The molecule has 0 spiro atoms. The van der Waals surface area contributed by atoms with Crippen LogP contribution in [0.3, 0.4) is 0 Å². The van der Waals surface area contributed by atoms with E-state index in [0.29, 0.717) is 18.8 Å². The van der Waals surface area contributed by atoms with Crippen molar-refractivity contribution in [3.05, 3.63) is 24.3 Å². The Morgan fingerprint density at radius 1 is 1.33 bits per heavy atom. The van der Waals surface area contributed by atoms with E-state index in [1.807, 2.05) is 0 Å². The van der Waals surface area contributed by atoms with Gasteiger partial charge in [-0.3, -0.25) is 4.79 Å². The highest BCUT2D eigenvalue weighted by molar-refractivity contribution is 7.90. The van der Waals surface area contributed by atoms with E-state index in [9.17, 15) is 13.2 Å². The number of carbonyl (C=O) groups is 1. The first-order chi connectivity index (χ1) is 9.88. The van der Waals surface area contributed by atoms with E-state index in [-0.39, 0.29) is 10.8 Å². The number of hydrogen-bond acceptors (Lipinski definition) is 5. The van der Waals surface area contributed by atoms with Gasteiger partial charge < -0.3 is 15.0 Å². The van der Waals surface area contributed by atoms with Gasteiger partial charge >= 0.3 is 0 Å². The van der Waals surface area contributed by atoms with Gasteiger partial charge in [0.15, 0.2) is 15.9 Å². The van der Waals surface area contributed by atoms with E-state index in [2.05, 4.69) is 5.32 Å². The van der Waals surface area contributed by atoms with Gasteiger partial charge in [-0.05, 0) is 25.1 Å². The maximum absolute atomic E-state index is 12.2. The van der Waals surface area contributed by atoms with Crippen molar-refractivity contribution in [2.75, 3.05) is 32.4 Å². The Morgan fingerprint density at radius 3 is 2.62 bits per heavy atom. The first-order valence-electron chi connectivity index (χ1n) is 6.84. The molecule has 0 saturated carbocycles. The van der Waals surface area contributed by atoms with Crippen LogP contribution in [0.15, 0.2) is 29.2 Å². The normalized spacial score (nSPS) is 17.3. The van der Waals surface area contributed by atoms with Crippen LogP contribution in [0.4, 0.5) is 0 Å². The summed E-state index contributed by atoms with van der Waals surface area (Å²) >= 11 is 0. The Bertz CT molecular complexity index is 609. The fraction of sp³-hybridized carbons (Fsp3) is 0.500. The first kappa shape index (κ1) is 15.8. The van der Waals surface area contributed by atoms with Crippen LogP contribution in [0.2, 0.25) is 0 Å². The van der Waals surface area contributed by atoms with Crippen molar-refractivity contribution in [2.24, 2.45) is 0 Å². The molecule has 1 aromatic rings. The van der Waals surface area contributed by atoms with E-state index < -0.39 is 15.9 Å². The van der Waals surface area contributed by atoms with E-state index >= 15 is 0 Å². The Hall–Kier alpha value is -1.60. The predicted octanol–water partition coefficient (Wildman–Crippen LogP) is 0.289. The molecule has 1 heterocycles. The van der Waals surface area contributed by atoms with Crippen LogP contribution in [0.1, 0.15) is 6.92 Å². The molecule has 0 bridgehead atoms. The van der Waals surface area contributed by atoms with E-state index in [0.717, 1.165) is 19.3 Å². The molecule has 0 aliphatic carbocycles. The first-order valence-corrected chi connectivity index (χ1v) is 8.73. The Labute approximate surface area is 125 Å². The van der Waals surface area contributed by atoms with E-state index in [1.54, 1.807) is 24.0 Å². The smallest absolute Gasteiger partial charge is 0.263 e. The summed E-state index contributed by atoms with van der Waals surface area (Å²) in [7, 11) is -3.29. The highest BCUT2D eigenvalue weighted by atomic mass is 32.2. The zero-order valence-corrected chi connectivity index (χ0v) is 13.0. The Morgan fingerprint density at radius 2 is 2.00 bits per heavy atom. The molecule has 0 aromatic heterocycles. The topological polar surface area (TPSA) is 75.7 Å². The van der Waals surface area contributed by atoms with Gasteiger partial charge in [0.25, 0.3) is 5.91 Å². The summed E-state index contributed by atoms with van der Waals surface area (Å²) in [5.41, 5.74) is 0. The average Bonchev–Trinajstić information content (AvgIpc) is 2.47. The molecular formula is C14H20N2O4S. The predicted molar refractivity (Wildman–Crippen MR) is 79.1 cm³/mol. The molecule has 1 aliphatic heterocycles. The quantitative estimate of drug-likeness (QED) is 0.865. The number of hydrogen-bond donors (Lipinski definition) is 1. The highest BCUT2D eigenvalue weighted by Gasteiger charge is 2.23. The maximum atomic E-state index is 12.2. The van der Waals surface area contributed by atoms with Crippen molar-refractivity contribution in [1.82, 2.24) is 10.2 Å². The summed E-state index contributed by atoms with van der Waals surface area (Å²) in [4.78, 5) is 14.2. The molecule has 0 radical (unpaired) electrons. The molecule has 1 saturated heterocycles. The molecule has 1 N–H and O–H groups in total. The minimum atomic E-state index is -3.29. The summed E-state index contributed by atoms with van der Waals surface area (Å²) in [5, 5.41) is 3.18. The lowest BCUT2D eigenvalue weighted by Gasteiger charge is -2.29. The maximum Gasteiger partial charge on any atom is 0.263 e. The molecule has 1 aliphatic rings. The van der Waals surface area contributed by atoms with Gasteiger partial charge in [-0.2, -0.15) is 0 Å². The largest absolute Gasteiger partial charge is 0.481 e. The molecule has 116 valence electrons. The lowest BCUT2D eigenvalue weighted by Crippen LogP contribution is -2.50. The van der Waals surface area contributed by atoms with Gasteiger partial charge in [-0.25, -0.2) is 8.42 Å². The van der Waals surface area contributed by atoms with Crippen LogP contribution < -0.4 is 10.1 Å². The molecule has 1 amide bonds. The summed E-state index contributed by atoms with van der Waals surface area (Å²) in [5.74, 6) is 0.301. The van der Waals surface area contributed by atoms with Crippen LogP contribution in [0.25, 0.3) is 0 Å². The number of nitrogens with zero attached hydrogens (tertiary/aromatic N) is 1. The molecule has 2 rings (SSSR count). The Balaban J connectivity index is 2.05. The van der Waals surface area contributed by atoms with Crippen molar-refractivity contribution >= 4 is 15.7 Å². The molecular weight excluding hydrogens is 292 g/mol. The number of amides is 1. The summed E-state index contributed by atoms with van der Waals surface area (Å²) < 4.78 is 28.6. The molecule has 1 atom stereocenters. The third kappa shape index (κ3) is 4.18. The number of sulfone groups is 1. The number of rotatable bonds is 4. The van der Waals surface area contributed by atoms with Crippen molar-refractivity contribution in [3.8, 4) is 5.75 Å². The third-order valence-corrected chi connectivity index (χ3v) is 4.43. The van der Waals surface area contributed by atoms with Crippen LogP contribution in [-0.4, -0.2) is 57.8 Å². The molecule has 1 unspecified atom stereocenters. The minimum Gasteiger partial charge on any atom is -0.481 e. The zero-order valence-electron chi connectivity index (χ0n) is 12.2. The van der Waals surface area contributed by atoms with Gasteiger partial charge in [0, 0.05) is 32.4 Å². The molecule has 21 heavy (non-hydrogen) atoms. The molecule has 1 fully saturated rings.